The topological polar surface area (TPSA) is 53.3 Å². The second kappa shape index (κ2) is 3.25. The van der Waals surface area contributed by atoms with Gasteiger partial charge in [0.15, 0.2) is 0 Å². The molecule has 0 fully saturated rings. The number of nitrogens with one attached hydrogen (secondary N) is 1. The van der Waals surface area contributed by atoms with E-state index >= 15 is 0 Å². The Labute approximate surface area is 68.5 Å². The summed E-state index contributed by atoms with van der Waals surface area (Å²) in [6.07, 6.45) is 0. The maximum absolute atomic E-state index is 10.5. The first-order valence-electron chi connectivity index (χ1n) is 2.91. The smallest absolute Gasteiger partial charge is 0.252 e. The van der Waals surface area contributed by atoms with E-state index in [-0.39, 0.29) is 0 Å². The first-order chi connectivity index (χ1) is 5.24. The van der Waals surface area contributed by atoms with Crippen molar-refractivity contribution in [2.24, 2.45) is 5.11 Å². The minimum Gasteiger partial charge on any atom is -0.276 e. The molecule has 1 aromatic carbocycles. The zero-order valence-corrected chi connectivity index (χ0v) is 6.30. The lowest BCUT2D eigenvalue weighted by Gasteiger charge is -1.92. The van der Waals surface area contributed by atoms with Crippen molar-refractivity contribution in [3.63, 3.8) is 0 Å². The number of carbonyl (C=O) groups is 1. The van der Waals surface area contributed by atoms with E-state index in [0.717, 1.165) is 0 Å². The van der Waals surface area contributed by atoms with Crippen LogP contribution in [-0.2, 0) is 0 Å². The van der Waals surface area contributed by atoms with Crippen molar-refractivity contribution < 1.29 is 4.79 Å². The van der Waals surface area contributed by atoms with Crippen LogP contribution in [0.2, 0.25) is 0 Å². The minimum absolute atomic E-state index is 0.416. The molecule has 0 amide bonds. The molecule has 0 unspecified atom stereocenters. The standard InChI is InChI=1S/C7H5ClN2O/c8-7(11)5-1-3-6(10-9)4-2-5/h1-4,9H. The zero-order chi connectivity index (χ0) is 8.27. The van der Waals surface area contributed by atoms with Gasteiger partial charge in [0.05, 0.1) is 5.69 Å². The van der Waals surface area contributed by atoms with Crippen LogP contribution in [0.15, 0.2) is 29.4 Å². The van der Waals surface area contributed by atoms with Crippen LogP contribution < -0.4 is 0 Å². The number of carbonyl (C=O) groups excluding carboxylic acids is 1. The lowest BCUT2D eigenvalue weighted by atomic mass is 10.2. The van der Waals surface area contributed by atoms with Crippen molar-refractivity contribution in [2.75, 3.05) is 0 Å². The summed E-state index contributed by atoms with van der Waals surface area (Å²) in [4.78, 5) is 10.5. The zero-order valence-electron chi connectivity index (χ0n) is 5.54. The fraction of sp³-hybridized carbons (Fsp3) is 0. The summed E-state index contributed by atoms with van der Waals surface area (Å²) in [5, 5.41) is 2.67. The third kappa shape index (κ3) is 1.85. The highest BCUT2D eigenvalue weighted by Gasteiger charge is 1.99. The Bertz CT molecular complexity index is 281. The average Bonchev–Trinajstić information content (AvgIpc) is 2.05. The van der Waals surface area contributed by atoms with Crippen molar-refractivity contribution in [3.05, 3.63) is 29.8 Å². The highest BCUT2D eigenvalue weighted by atomic mass is 35.5. The molecular formula is C7H5ClN2O. The van der Waals surface area contributed by atoms with Crippen LogP contribution in [0.3, 0.4) is 0 Å². The molecule has 0 aliphatic heterocycles. The molecule has 1 rings (SSSR count). The van der Waals surface area contributed by atoms with Gasteiger partial charge in [0.25, 0.3) is 5.24 Å². The van der Waals surface area contributed by atoms with Crippen molar-refractivity contribution in [1.29, 1.82) is 5.53 Å². The van der Waals surface area contributed by atoms with Gasteiger partial charge in [-0.05, 0) is 35.9 Å². The van der Waals surface area contributed by atoms with Crippen LogP contribution in [0.5, 0.6) is 0 Å². The van der Waals surface area contributed by atoms with Crippen LogP contribution in [0.1, 0.15) is 10.4 Å². The van der Waals surface area contributed by atoms with Crippen LogP contribution in [0.25, 0.3) is 0 Å². The lowest BCUT2D eigenvalue weighted by Crippen LogP contribution is -1.85. The second-order valence-electron chi connectivity index (χ2n) is 1.93. The molecule has 0 spiro atoms. The van der Waals surface area contributed by atoms with Crippen LogP contribution >= 0.6 is 11.6 Å². The van der Waals surface area contributed by atoms with E-state index in [9.17, 15) is 4.79 Å². The number of nitrogens with zero attached hydrogens (tertiary/aromatic N) is 1. The normalized spacial score (nSPS) is 9.18. The predicted octanol–water partition coefficient (Wildman–Crippen LogP) is 2.73. The lowest BCUT2D eigenvalue weighted by molar-refractivity contribution is 0.108. The van der Waals surface area contributed by atoms with E-state index in [2.05, 4.69) is 5.11 Å². The van der Waals surface area contributed by atoms with E-state index < -0.39 is 5.24 Å². The molecule has 0 aliphatic carbocycles. The van der Waals surface area contributed by atoms with Gasteiger partial charge in [-0.15, -0.1) is 0 Å². The third-order valence-electron chi connectivity index (χ3n) is 1.22. The SMILES string of the molecule is N=Nc1ccc(C(=O)Cl)cc1. The number of hydrogen-bond acceptors (Lipinski definition) is 3. The van der Waals surface area contributed by atoms with Gasteiger partial charge in [0.1, 0.15) is 0 Å². The van der Waals surface area contributed by atoms with Crippen LogP contribution in [0.4, 0.5) is 5.69 Å². The van der Waals surface area contributed by atoms with Gasteiger partial charge in [-0.25, -0.2) is 5.53 Å². The van der Waals surface area contributed by atoms with E-state index in [0.29, 0.717) is 11.3 Å². The molecule has 56 valence electrons. The summed E-state index contributed by atoms with van der Waals surface area (Å²) < 4.78 is 0. The summed E-state index contributed by atoms with van der Waals surface area (Å²) in [5.41, 5.74) is 7.55. The minimum atomic E-state index is -0.499. The number of halogens is 1. The Hall–Kier alpha value is -1.22. The number of hydrogen-bond donors (Lipinski definition) is 1. The van der Waals surface area contributed by atoms with Gasteiger partial charge in [0, 0.05) is 5.56 Å². The molecule has 0 saturated heterocycles. The quantitative estimate of drug-likeness (QED) is 0.536. The highest BCUT2D eigenvalue weighted by Crippen LogP contribution is 2.13. The third-order valence-corrected chi connectivity index (χ3v) is 1.44. The molecule has 4 heteroatoms. The summed E-state index contributed by atoms with van der Waals surface area (Å²) in [7, 11) is 0. The van der Waals surface area contributed by atoms with Gasteiger partial charge in [-0.2, -0.15) is 5.11 Å². The molecular weight excluding hydrogens is 164 g/mol. The Morgan fingerprint density at radius 3 is 2.27 bits per heavy atom. The molecule has 1 N–H and O–H groups in total. The molecule has 11 heavy (non-hydrogen) atoms. The summed E-state index contributed by atoms with van der Waals surface area (Å²) in [6.45, 7) is 0. The Morgan fingerprint density at radius 1 is 1.36 bits per heavy atom. The van der Waals surface area contributed by atoms with E-state index in [4.69, 9.17) is 17.1 Å². The first-order valence-corrected chi connectivity index (χ1v) is 3.29. The summed E-state index contributed by atoms with van der Waals surface area (Å²) in [6, 6.07) is 6.18. The molecule has 1 aromatic rings. The monoisotopic (exact) mass is 168 g/mol. The van der Waals surface area contributed by atoms with E-state index in [1.54, 1.807) is 12.1 Å². The van der Waals surface area contributed by atoms with Crippen molar-refractivity contribution >= 4 is 22.5 Å². The van der Waals surface area contributed by atoms with Crippen LogP contribution in [-0.4, -0.2) is 5.24 Å². The van der Waals surface area contributed by atoms with Crippen molar-refractivity contribution in [3.8, 4) is 0 Å². The Morgan fingerprint density at radius 2 is 1.91 bits per heavy atom. The van der Waals surface area contributed by atoms with Crippen LogP contribution in [0, 0.1) is 5.53 Å². The van der Waals surface area contributed by atoms with E-state index in [1.807, 2.05) is 0 Å². The Kier molecular flexibility index (Phi) is 2.33. The molecule has 0 atom stereocenters. The maximum Gasteiger partial charge on any atom is 0.252 e. The van der Waals surface area contributed by atoms with Gasteiger partial charge in [-0.1, -0.05) is 0 Å². The van der Waals surface area contributed by atoms with E-state index in [1.165, 1.54) is 12.1 Å². The van der Waals surface area contributed by atoms with Gasteiger partial charge < -0.3 is 0 Å². The number of benzene rings is 1. The fourth-order valence-electron chi connectivity index (χ4n) is 0.667. The largest absolute Gasteiger partial charge is 0.276 e. The molecule has 0 radical (unpaired) electrons. The highest BCUT2D eigenvalue weighted by molar-refractivity contribution is 6.67. The maximum atomic E-state index is 10.5. The summed E-state index contributed by atoms with van der Waals surface area (Å²) in [5.74, 6) is 0. The summed E-state index contributed by atoms with van der Waals surface area (Å²) >= 11 is 5.18. The second-order valence-corrected chi connectivity index (χ2v) is 2.28. The number of rotatable bonds is 2. The molecule has 0 aliphatic rings. The van der Waals surface area contributed by atoms with Crippen molar-refractivity contribution in [1.82, 2.24) is 0 Å². The molecule has 0 aromatic heterocycles. The first kappa shape index (κ1) is 7.88. The molecule has 0 heterocycles. The fourth-order valence-corrected chi connectivity index (χ4v) is 0.793. The average molecular weight is 169 g/mol. The molecule has 3 nitrogen and oxygen atoms in total. The van der Waals surface area contributed by atoms with Gasteiger partial charge >= 0.3 is 0 Å². The predicted molar refractivity (Wildman–Crippen MR) is 41.4 cm³/mol. The molecule has 0 bridgehead atoms. The van der Waals surface area contributed by atoms with Crippen molar-refractivity contribution in [2.45, 2.75) is 0 Å². The Balaban J connectivity index is 3.00. The van der Waals surface area contributed by atoms with Gasteiger partial charge in [-0.3, -0.25) is 4.79 Å². The molecule has 0 saturated carbocycles. The van der Waals surface area contributed by atoms with Gasteiger partial charge in [0.2, 0.25) is 0 Å².